The van der Waals surface area contributed by atoms with Gasteiger partial charge in [-0.2, -0.15) is 0 Å². The highest BCUT2D eigenvalue weighted by atomic mass is 127. The number of likely N-dealkylation sites (tertiary alicyclic amines) is 1. The minimum atomic E-state index is -0.381. The average Bonchev–Trinajstić information content (AvgIpc) is 2.55. The average molecular weight is 313 g/mol. The van der Waals surface area contributed by atoms with Gasteiger partial charge in [0.2, 0.25) is 0 Å². The first-order chi connectivity index (χ1) is 6.69. The van der Waals surface area contributed by atoms with Gasteiger partial charge in [0.15, 0.2) is 0 Å². The molecule has 82 valence electrons. The third-order valence-electron chi connectivity index (χ3n) is 2.43. The van der Waals surface area contributed by atoms with E-state index in [2.05, 4.69) is 22.6 Å². The van der Waals surface area contributed by atoms with Gasteiger partial charge in [-0.25, -0.2) is 0 Å². The van der Waals surface area contributed by atoms with E-state index < -0.39 is 0 Å². The second-order valence-electron chi connectivity index (χ2n) is 3.47. The molecule has 0 bridgehead atoms. The fourth-order valence-electron chi connectivity index (χ4n) is 1.77. The molecule has 0 unspecified atom stereocenters. The Morgan fingerprint density at radius 1 is 1.71 bits per heavy atom. The third-order valence-corrected chi connectivity index (χ3v) is 3.20. The molecule has 14 heavy (non-hydrogen) atoms. The van der Waals surface area contributed by atoms with Crippen LogP contribution in [0.25, 0.3) is 0 Å². The van der Waals surface area contributed by atoms with Crippen LogP contribution in [0.2, 0.25) is 0 Å². The van der Waals surface area contributed by atoms with Crippen LogP contribution in [0.15, 0.2) is 0 Å². The van der Waals surface area contributed by atoms with Crippen molar-refractivity contribution in [3.63, 3.8) is 0 Å². The summed E-state index contributed by atoms with van der Waals surface area (Å²) in [5.41, 5.74) is 0. The lowest BCUT2D eigenvalue weighted by Crippen LogP contribution is -2.37. The SMILES string of the molecule is COC(=O)[C@@H]1C[C@@H](O)CN1CCCI. The molecule has 1 fully saturated rings. The van der Waals surface area contributed by atoms with Gasteiger partial charge in [0.1, 0.15) is 6.04 Å². The molecule has 1 N–H and O–H groups in total. The minimum Gasteiger partial charge on any atom is -0.468 e. The van der Waals surface area contributed by atoms with E-state index in [9.17, 15) is 9.90 Å². The van der Waals surface area contributed by atoms with Gasteiger partial charge in [0.25, 0.3) is 0 Å². The second-order valence-corrected chi connectivity index (χ2v) is 4.54. The number of aliphatic hydroxyl groups excluding tert-OH is 1. The van der Waals surface area contributed by atoms with Gasteiger partial charge in [-0.05, 0) is 13.0 Å². The fraction of sp³-hybridized carbons (Fsp3) is 0.889. The van der Waals surface area contributed by atoms with Crippen molar-refractivity contribution in [3.05, 3.63) is 0 Å². The number of esters is 1. The topological polar surface area (TPSA) is 49.8 Å². The smallest absolute Gasteiger partial charge is 0.323 e. The molecule has 0 aliphatic carbocycles. The van der Waals surface area contributed by atoms with Crippen LogP contribution in [-0.4, -0.2) is 52.7 Å². The molecule has 0 amide bonds. The van der Waals surface area contributed by atoms with E-state index in [1.807, 2.05) is 4.90 Å². The second kappa shape index (κ2) is 5.87. The normalized spacial score (nSPS) is 27.9. The maximum Gasteiger partial charge on any atom is 0.323 e. The van der Waals surface area contributed by atoms with Crippen molar-refractivity contribution >= 4 is 28.6 Å². The van der Waals surface area contributed by atoms with Gasteiger partial charge in [-0.1, -0.05) is 22.6 Å². The molecule has 0 aromatic heterocycles. The Kier molecular flexibility index (Phi) is 5.11. The number of hydrogen-bond donors (Lipinski definition) is 1. The van der Waals surface area contributed by atoms with Gasteiger partial charge in [-0.15, -0.1) is 0 Å². The van der Waals surface area contributed by atoms with Gasteiger partial charge >= 0.3 is 5.97 Å². The molecule has 4 nitrogen and oxygen atoms in total. The van der Waals surface area contributed by atoms with Crippen LogP contribution in [0.5, 0.6) is 0 Å². The molecule has 1 rings (SSSR count). The largest absolute Gasteiger partial charge is 0.468 e. The monoisotopic (exact) mass is 313 g/mol. The lowest BCUT2D eigenvalue weighted by Gasteiger charge is -2.21. The highest BCUT2D eigenvalue weighted by molar-refractivity contribution is 14.1. The molecule has 1 saturated heterocycles. The summed E-state index contributed by atoms with van der Waals surface area (Å²) in [6, 6.07) is -0.238. The Balaban J connectivity index is 2.49. The van der Waals surface area contributed by atoms with Crippen molar-refractivity contribution in [2.45, 2.75) is 25.0 Å². The molecule has 0 radical (unpaired) electrons. The minimum absolute atomic E-state index is 0.227. The maximum atomic E-state index is 11.4. The Morgan fingerprint density at radius 3 is 3.00 bits per heavy atom. The van der Waals surface area contributed by atoms with Gasteiger partial charge in [-0.3, -0.25) is 9.69 Å². The third kappa shape index (κ3) is 3.06. The zero-order valence-electron chi connectivity index (χ0n) is 8.28. The van der Waals surface area contributed by atoms with Crippen molar-refractivity contribution < 1.29 is 14.6 Å². The summed E-state index contributed by atoms with van der Waals surface area (Å²) in [7, 11) is 1.39. The first-order valence-corrected chi connectivity index (χ1v) is 6.27. The molecule has 0 spiro atoms. The van der Waals surface area contributed by atoms with Crippen LogP contribution in [0, 0.1) is 0 Å². The fourth-order valence-corrected chi connectivity index (χ4v) is 2.11. The summed E-state index contributed by atoms with van der Waals surface area (Å²) >= 11 is 2.31. The molecule has 0 aromatic rings. The number of nitrogens with zero attached hydrogens (tertiary/aromatic N) is 1. The van der Waals surface area contributed by atoms with Crippen LogP contribution < -0.4 is 0 Å². The van der Waals surface area contributed by atoms with Crippen LogP contribution >= 0.6 is 22.6 Å². The first-order valence-electron chi connectivity index (χ1n) is 4.75. The summed E-state index contributed by atoms with van der Waals surface area (Å²) in [5, 5.41) is 9.46. The van der Waals surface area contributed by atoms with E-state index in [0.717, 1.165) is 17.4 Å². The Morgan fingerprint density at radius 2 is 2.43 bits per heavy atom. The van der Waals surface area contributed by atoms with Gasteiger partial charge in [0, 0.05) is 17.4 Å². The summed E-state index contributed by atoms with van der Waals surface area (Å²) in [5.74, 6) is -0.227. The molecule has 0 aromatic carbocycles. The van der Waals surface area contributed by atoms with Crippen molar-refractivity contribution in [2.24, 2.45) is 0 Å². The van der Waals surface area contributed by atoms with Crippen LogP contribution in [-0.2, 0) is 9.53 Å². The Hall–Kier alpha value is 0.120. The van der Waals surface area contributed by atoms with E-state index in [1.54, 1.807) is 0 Å². The highest BCUT2D eigenvalue weighted by Gasteiger charge is 2.35. The molecule has 1 aliphatic heterocycles. The van der Waals surface area contributed by atoms with Crippen molar-refractivity contribution in [1.29, 1.82) is 0 Å². The summed E-state index contributed by atoms with van der Waals surface area (Å²) in [4.78, 5) is 13.4. The number of carbonyl (C=O) groups excluding carboxylic acids is 1. The molecule has 5 heteroatoms. The number of methoxy groups -OCH3 is 1. The molecule has 1 heterocycles. The van der Waals surface area contributed by atoms with Crippen molar-refractivity contribution in [2.75, 3.05) is 24.6 Å². The Labute approximate surface area is 97.7 Å². The number of ether oxygens (including phenoxy) is 1. The molecule has 2 atom stereocenters. The number of rotatable bonds is 4. The van der Waals surface area contributed by atoms with Gasteiger partial charge in [0.05, 0.1) is 13.2 Å². The number of aliphatic hydroxyl groups is 1. The Bertz CT molecular complexity index is 200. The summed E-state index contributed by atoms with van der Waals surface area (Å²) in [6.07, 6.45) is 1.17. The van der Waals surface area contributed by atoms with Crippen LogP contribution in [0.4, 0.5) is 0 Å². The number of halogens is 1. The van der Waals surface area contributed by atoms with E-state index >= 15 is 0 Å². The molecular formula is C9H16INO3. The standard InChI is InChI=1S/C9H16INO3/c1-14-9(13)8-5-7(12)6-11(8)4-2-3-10/h7-8,12H,2-6H2,1H3/t7-,8+/m1/s1. The molecule has 0 saturated carbocycles. The summed E-state index contributed by atoms with van der Waals surface area (Å²) < 4.78 is 5.77. The van der Waals surface area contributed by atoms with E-state index in [-0.39, 0.29) is 18.1 Å². The summed E-state index contributed by atoms with van der Waals surface area (Å²) in [6.45, 7) is 1.45. The zero-order valence-corrected chi connectivity index (χ0v) is 10.4. The van der Waals surface area contributed by atoms with E-state index in [4.69, 9.17) is 4.74 Å². The zero-order chi connectivity index (χ0) is 10.6. The number of carbonyl (C=O) groups is 1. The van der Waals surface area contributed by atoms with E-state index in [0.29, 0.717) is 13.0 Å². The van der Waals surface area contributed by atoms with E-state index in [1.165, 1.54) is 7.11 Å². The predicted molar refractivity (Wildman–Crippen MR) is 61.5 cm³/mol. The lowest BCUT2D eigenvalue weighted by atomic mass is 10.2. The van der Waals surface area contributed by atoms with Crippen LogP contribution in [0.1, 0.15) is 12.8 Å². The number of hydrogen-bond acceptors (Lipinski definition) is 4. The van der Waals surface area contributed by atoms with Crippen molar-refractivity contribution in [1.82, 2.24) is 4.90 Å². The first kappa shape index (κ1) is 12.2. The lowest BCUT2D eigenvalue weighted by molar-refractivity contribution is -0.145. The number of alkyl halides is 1. The number of β-amino-alcohol motifs (C(OH)–C–C–N with tert-alkyl or cyclic N) is 1. The van der Waals surface area contributed by atoms with Gasteiger partial charge < -0.3 is 9.84 Å². The quantitative estimate of drug-likeness (QED) is 0.464. The van der Waals surface area contributed by atoms with Crippen LogP contribution in [0.3, 0.4) is 0 Å². The highest BCUT2D eigenvalue weighted by Crippen LogP contribution is 2.19. The van der Waals surface area contributed by atoms with Crippen molar-refractivity contribution in [3.8, 4) is 0 Å². The molecule has 1 aliphatic rings. The molecular weight excluding hydrogens is 297 g/mol. The maximum absolute atomic E-state index is 11.4. The predicted octanol–water partition coefficient (Wildman–Crippen LogP) is 0.420.